The van der Waals surface area contributed by atoms with Gasteiger partial charge in [0.1, 0.15) is 0 Å². The first kappa shape index (κ1) is 22.7. The van der Waals surface area contributed by atoms with Crippen molar-refractivity contribution in [3.8, 4) is 0 Å². The van der Waals surface area contributed by atoms with E-state index in [0.717, 1.165) is 23.4 Å². The molecule has 3 rings (SSSR count). The average Bonchev–Trinajstić information content (AvgIpc) is 3.02. The van der Waals surface area contributed by atoms with Crippen molar-refractivity contribution in [2.45, 2.75) is 26.8 Å². The van der Waals surface area contributed by atoms with Crippen LogP contribution in [-0.4, -0.2) is 40.2 Å². The molecule has 1 heterocycles. The highest BCUT2D eigenvalue weighted by Gasteiger charge is 2.15. The minimum absolute atomic E-state index is 0. The summed E-state index contributed by atoms with van der Waals surface area (Å²) in [5.41, 5.74) is 10.9. The van der Waals surface area contributed by atoms with E-state index in [4.69, 9.17) is 5.73 Å². The predicted octanol–water partition coefficient (Wildman–Crippen LogP) is 3.61. The fraction of sp³-hybridized carbons (Fsp3) is 0.304. The molecule has 2 N–H and O–H groups in total. The Balaban J connectivity index is 0.00000300. The van der Waals surface area contributed by atoms with E-state index in [1.807, 2.05) is 59.0 Å². The molecule has 6 heteroatoms. The first-order valence-corrected chi connectivity index (χ1v) is 9.70. The monoisotopic (exact) mass is 412 g/mol. The molecular formula is C23H29ClN4O. The Labute approximate surface area is 178 Å². The summed E-state index contributed by atoms with van der Waals surface area (Å²) in [6.45, 7) is 6.42. The van der Waals surface area contributed by atoms with Crippen molar-refractivity contribution in [3.05, 3.63) is 88.7 Å². The van der Waals surface area contributed by atoms with Gasteiger partial charge in [-0.05, 0) is 49.6 Å². The second kappa shape index (κ2) is 10.8. The maximum atomic E-state index is 12.9. The molecule has 2 aromatic carbocycles. The molecule has 0 bridgehead atoms. The first-order valence-electron chi connectivity index (χ1n) is 9.70. The summed E-state index contributed by atoms with van der Waals surface area (Å²) in [5.74, 6) is 0.0269. The number of aromatic nitrogens is 2. The average molecular weight is 413 g/mol. The molecule has 0 saturated heterocycles. The summed E-state index contributed by atoms with van der Waals surface area (Å²) in [6.07, 6.45) is 0.822. The van der Waals surface area contributed by atoms with Gasteiger partial charge < -0.3 is 10.6 Å². The lowest BCUT2D eigenvalue weighted by Gasteiger charge is -2.22. The number of hydrogen-bond acceptors (Lipinski definition) is 3. The van der Waals surface area contributed by atoms with E-state index in [1.54, 1.807) is 0 Å². The molecule has 0 atom stereocenters. The van der Waals surface area contributed by atoms with E-state index >= 15 is 0 Å². The second-order valence-electron chi connectivity index (χ2n) is 7.10. The Morgan fingerprint density at radius 2 is 1.69 bits per heavy atom. The van der Waals surface area contributed by atoms with E-state index in [9.17, 15) is 4.79 Å². The summed E-state index contributed by atoms with van der Waals surface area (Å²) in [7, 11) is 0. The van der Waals surface area contributed by atoms with E-state index in [2.05, 4.69) is 30.2 Å². The van der Waals surface area contributed by atoms with Crippen LogP contribution in [0, 0.1) is 13.8 Å². The number of amides is 1. The summed E-state index contributed by atoms with van der Waals surface area (Å²) in [4.78, 5) is 14.8. The van der Waals surface area contributed by atoms with Gasteiger partial charge in [-0.25, -0.2) is 0 Å². The minimum Gasteiger partial charge on any atom is -0.337 e. The van der Waals surface area contributed by atoms with Crippen molar-refractivity contribution in [1.82, 2.24) is 14.7 Å². The van der Waals surface area contributed by atoms with Gasteiger partial charge >= 0.3 is 0 Å². The highest BCUT2D eigenvalue weighted by molar-refractivity contribution is 5.94. The van der Waals surface area contributed by atoms with E-state index in [-0.39, 0.29) is 18.3 Å². The van der Waals surface area contributed by atoms with E-state index in [1.165, 1.54) is 5.56 Å². The van der Waals surface area contributed by atoms with Gasteiger partial charge in [-0.3, -0.25) is 9.48 Å². The maximum Gasteiger partial charge on any atom is 0.253 e. The van der Waals surface area contributed by atoms with E-state index < -0.39 is 0 Å². The van der Waals surface area contributed by atoms with Crippen LogP contribution in [0.2, 0.25) is 0 Å². The lowest BCUT2D eigenvalue weighted by atomic mass is 10.1. The smallest absolute Gasteiger partial charge is 0.253 e. The second-order valence-corrected chi connectivity index (χ2v) is 7.10. The molecule has 5 nitrogen and oxygen atoms in total. The Kier molecular flexibility index (Phi) is 8.43. The molecule has 1 aromatic heterocycles. The van der Waals surface area contributed by atoms with Crippen molar-refractivity contribution in [3.63, 3.8) is 0 Å². The SMILES string of the molecule is Cc1cc(C)n(Cc2ccc(C(=O)N(CCN)CCc3ccccc3)cc2)n1.Cl. The highest BCUT2D eigenvalue weighted by Crippen LogP contribution is 2.12. The quantitative estimate of drug-likeness (QED) is 0.614. The van der Waals surface area contributed by atoms with Crippen LogP contribution in [0.1, 0.15) is 32.9 Å². The van der Waals surface area contributed by atoms with Crippen LogP contribution in [-0.2, 0) is 13.0 Å². The fourth-order valence-corrected chi connectivity index (χ4v) is 3.32. The Morgan fingerprint density at radius 3 is 2.28 bits per heavy atom. The predicted molar refractivity (Wildman–Crippen MR) is 120 cm³/mol. The molecule has 154 valence electrons. The molecule has 0 aliphatic heterocycles. The van der Waals surface area contributed by atoms with Crippen LogP contribution >= 0.6 is 12.4 Å². The normalized spacial score (nSPS) is 10.4. The van der Waals surface area contributed by atoms with Crippen LogP contribution in [0.4, 0.5) is 0 Å². The molecule has 0 saturated carbocycles. The number of rotatable bonds is 8. The molecule has 0 fully saturated rings. The van der Waals surface area contributed by atoms with Gasteiger partial charge in [0, 0.05) is 30.9 Å². The van der Waals surface area contributed by atoms with Gasteiger partial charge in [0.25, 0.3) is 5.91 Å². The number of hydrogen-bond donors (Lipinski definition) is 1. The largest absolute Gasteiger partial charge is 0.337 e. The van der Waals surface area contributed by atoms with Crippen LogP contribution < -0.4 is 5.73 Å². The van der Waals surface area contributed by atoms with Crippen LogP contribution in [0.5, 0.6) is 0 Å². The van der Waals surface area contributed by atoms with Crippen LogP contribution in [0.3, 0.4) is 0 Å². The number of benzene rings is 2. The molecule has 0 aliphatic rings. The first-order chi connectivity index (χ1) is 13.6. The van der Waals surface area contributed by atoms with Crippen LogP contribution in [0.15, 0.2) is 60.7 Å². The number of aryl methyl sites for hydroxylation is 2. The third kappa shape index (κ3) is 6.17. The van der Waals surface area contributed by atoms with Crippen molar-refractivity contribution in [1.29, 1.82) is 0 Å². The zero-order valence-electron chi connectivity index (χ0n) is 17.0. The lowest BCUT2D eigenvalue weighted by molar-refractivity contribution is 0.0762. The molecule has 3 aromatic rings. The number of nitrogens with two attached hydrogens (primary N) is 1. The van der Waals surface area contributed by atoms with Crippen molar-refractivity contribution in [2.24, 2.45) is 5.73 Å². The maximum absolute atomic E-state index is 12.9. The highest BCUT2D eigenvalue weighted by atomic mass is 35.5. The number of carbonyl (C=O) groups is 1. The third-order valence-corrected chi connectivity index (χ3v) is 4.84. The van der Waals surface area contributed by atoms with Gasteiger partial charge in [0.05, 0.1) is 12.2 Å². The molecule has 0 spiro atoms. The Bertz CT molecular complexity index is 906. The zero-order chi connectivity index (χ0) is 19.9. The van der Waals surface area contributed by atoms with Gasteiger partial charge in [-0.15, -0.1) is 12.4 Å². The number of carbonyl (C=O) groups excluding carboxylic acids is 1. The molecule has 29 heavy (non-hydrogen) atoms. The topological polar surface area (TPSA) is 64.2 Å². The van der Waals surface area contributed by atoms with E-state index in [0.29, 0.717) is 31.7 Å². The minimum atomic E-state index is 0. The lowest BCUT2D eigenvalue weighted by Crippen LogP contribution is -2.36. The third-order valence-electron chi connectivity index (χ3n) is 4.84. The summed E-state index contributed by atoms with van der Waals surface area (Å²) in [5, 5.41) is 4.50. The Morgan fingerprint density at radius 1 is 1.00 bits per heavy atom. The molecular weight excluding hydrogens is 384 g/mol. The van der Waals surface area contributed by atoms with Crippen molar-refractivity contribution < 1.29 is 4.79 Å². The van der Waals surface area contributed by atoms with Gasteiger partial charge in [-0.1, -0.05) is 42.5 Å². The summed E-state index contributed by atoms with van der Waals surface area (Å²) < 4.78 is 1.98. The summed E-state index contributed by atoms with van der Waals surface area (Å²) >= 11 is 0. The number of halogens is 1. The number of nitrogens with zero attached hydrogens (tertiary/aromatic N) is 3. The van der Waals surface area contributed by atoms with Crippen molar-refractivity contribution in [2.75, 3.05) is 19.6 Å². The van der Waals surface area contributed by atoms with Crippen LogP contribution in [0.25, 0.3) is 0 Å². The molecule has 0 radical (unpaired) electrons. The molecule has 0 aliphatic carbocycles. The van der Waals surface area contributed by atoms with Crippen molar-refractivity contribution >= 4 is 18.3 Å². The molecule has 1 amide bonds. The molecule has 0 unspecified atom stereocenters. The summed E-state index contributed by atoms with van der Waals surface area (Å²) in [6, 6.07) is 20.1. The Hall–Kier alpha value is -2.63. The fourth-order valence-electron chi connectivity index (χ4n) is 3.32. The standard InChI is InChI=1S/C23H28N4O.ClH/c1-18-16-19(2)27(25-18)17-21-8-10-22(11-9-21)23(28)26(15-13-24)14-12-20-6-4-3-5-7-20;/h3-11,16H,12-15,17,24H2,1-2H3;1H. The van der Waals surface area contributed by atoms with Gasteiger partial charge in [0.15, 0.2) is 0 Å². The zero-order valence-corrected chi connectivity index (χ0v) is 17.9. The van der Waals surface area contributed by atoms with Gasteiger partial charge in [0.2, 0.25) is 0 Å². The van der Waals surface area contributed by atoms with Gasteiger partial charge in [-0.2, -0.15) is 5.10 Å².